The van der Waals surface area contributed by atoms with Gasteiger partial charge in [-0.25, -0.2) is 4.79 Å². The van der Waals surface area contributed by atoms with Crippen LogP contribution in [0.2, 0.25) is 0 Å². The van der Waals surface area contributed by atoms with Gasteiger partial charge in [0.25, 0.3) is 0 Å². The number of hydrogen-bond donors (Lipinski definition) is 1. The number of piperazine rings is 1. The Hall–Kier alpha value is -2.40. The monoisotopic (exact) mass is 324 g/mol. The molecule has 3 rings (SSSR count). The maximum atomic E-state index is 12.5. The minimum Gasteiger partial charge on any atom is -0.322 e. The minimum atomic E-state index is -0.00717. The Bertz CT molecular complexity index is 694. The maximum Gasteiger partial charge on any atom is 0.321 e. The van der Waals surface area contributed by atoms with Crippen molar-refractivity contribution >= 4 is 11.7 Å². The second-order valence-corrected chi connectivity index (χ2v) is 6.37. The number of nitrogens with zero attached hydrogens (tertiary/aromatic N) is 3. The summed E-state index contributed by atoms with van der Waals surface area (Å²) in [7, 11) is 0. The number of pyridine rings is 1. The summed E-state index contributed by atoms with van der Waals surface area (Å²) in [4.78, 5) is 20.8. The Balaban J connectivity index is 1.52. The molecule has 0 aliphatic carbocycles. The molecule has 2 amide bonds. The van der Waals surface area contributed by atoms with Crippen LogP contribution < -0.4 is 5.32 Å². The van der Waals surface area contributed by atoms with E-state index in [1.807, 2.05) is 55.4 Å². The van der Waals surface area contributed by atoms with Crippen molar-refractivity contribution in [2.75, 3.05) is 31.5 Å². The van der Waals surface area contributed by atoms with Crippen LogP contribution in [0.15, 0.2) is 42.7 Å². The second kappa shape index (κ2) is 7.45. The third-order valence-corrected chi connectivity index (χ3v) is 4.45. The van der Waals surface area contributed by atoms with Gasteiger partial charge in [-0.2, -0.15) is 0 Å². The molecule has 1 fully saturated rings. The molecule has 0 atom stereocenters. The summed E-state index contributed by atoms with van der Waals surface area (Å²) >= 11 is 0. The average molecular weight is 324 g/mol. The van der Waals surface area contributed by atoms with E-state index in [0.29, 0.717) is 0 Å². The predicted molar refractivity (Wildman–Crippen MR) is 96.0 cm³/mol. The van der Waals surface area contributed by atoms with Crippen molar-refractivity contribution in [3.8, 4) is 0 Å². The lowest BCUT2D eigenvalue weighted by atomic mass is 10.1. The average Bonchev–Trinajstić information content (AvgIpc) is 2.60. The van der Waals surface area contributed by atoms with E-state index < -0.39 is 0 Å². The van der Waals surface area contributed by atoms with Crippen molar-refractivity contribution in [2.45, 2.75) is 20.4 Å². The molecule has 1 aliphatic heterocycles. The van der Waals surface area contributed by atoms with Crippen molar-refractivity contribution in [1.29, 1.82) is 0 Å². The molecule has 0 saturated carbocycles. The molecule has 2 aromatic rings. The Morgan fingerprint density at radius 1 is 1.08 bits per heavy atom. The number of aryl methyl sites for hydroxylation is 2. The fraction of sp³-hybridized carbons (Fsp3) is 0.368. The van der Waals surface area contributed by atoms with Crippen LogP contribution in [-0.4, -0.2) is 47.0 Å². The molecule has 1 saturated heterocycles. The van der Waals surface area contributed by atoms with Gasteiger partial charge in [-0.3, -0.25) is 9.88 Å². The summed E-state index contributed by atoms with van der Waals surface area (Å²) in [6, 6.07) is 10.2. The van der Waals surface area contributed by atoms with E-state index in [2.05, 4.69) is 21.3 Å². The van der Waals surface area contributed by atoms with Crippen LogP contribution in [0.4, 0.5) is 10.5 Å². The summed E-state index contributed by atoms with van der Waals surface area (Å²) in [5, 5.41) is 3.05. The van der Waals surface area contributed by atoms with Gasteiger partial charge >= 0.3 is 6.03 Å². The zero-order chi connectivity index (χ0) is 16.9. The number of urea groups is 1. The quantitative estimate of drug-likeness (QED) is 0.944. The SMILES string of the molecule is Cc1ccc(C)c(NC(=O)N2CCN(Cc3ccncc3)CC2)c1. The minimum absolute atomic E-state index is 0.00717. The number of carbonyl (C=O) groups excluding carboxylic acids is 1. The Labute approximate surface area is 143 Å². The fourth-order valence-corrected chi connectivity index (χ4v) is 2.92. The van der Waals surface area contributed by atoms with Crippen LogP contribution in [0.1, 0.15) is 16.7 Å². The van der Waals surface area contributed by atoms with Crippen molar-refractivity contribution in [2.24, 2.45) is 0 Å². The number of amides is 2. The molecule has 1 aliphatic rings. The second-order valence-electron chi connectivity index (χ2n) is 6.37. The van der Waals surface area contributed by atoms with Gasteiger partial charge in [-0.05, 0) is 48.7 Å². The molecule has 126 valence electrons. The number of anilines is 1. The van der Waals surface area contributed by atoms with Crippen LogP contribution >= 0.6 is 0 Å². The lowest BCUT2D eigenvalue weighted by Crippen LogP contribution is -2.49. The first-order valence-corrected chi connectivity index (χ1v) is 8.36. The third-order valence-electron chi connectivity index (χ3n) is 4.45. The molecule has 24 heavy (non-hydrogen) atoms. The van der Waals surface area contributed by atoms with E-state index in [-0.39, 0.29) is 6.03 Å². The van der Waals surface area contributed by atoms with Gasteiger partial charge in [0.15, 0.2) is 0 Å². The first-order chi connectivity index (χ1) is 11.6. The molecule has 1 N–H and O–H groups in total. The van der Waals surface area contributed by atoms with Crippen LogP contribution in [0.3, 0.4) is 0 Å². The number of aromatic nitrogens is 1. The molecule has 0 radical (unpaired) electrons. The molecule has 2 heterocycles. The maximum absolute atomic E-state index is 12.5. The molecule has 1 aromatic heterocycles. The molecule has 0 spiro atoms. The van der Waals surface area contributed by atoms with Crippen LogP contribution in [0.5, 0.6) is 0 Å². The first kappa shape index (κ1) is 16.5. The van der Waals surface area contributed by atoms with Crippen LogP contribution in [-0.2, 0) is 6.54 Å². The van der Waals surface area contributed by atoms with Crippen molar-refractivity contribution in [1.82, 2.24) is 14.8 Å². The molecule has 5 nitrogen and oxygen atoms in total. The van der Waals surface area contributed by atoms with Gasteiger partial charge in [0, 0.05) is 50.8 Å². The normalized spacial score (nSPS) is 15.3. The number of rotatable bonds is 3. The smallest absolute Gasteiger partial charge is 0.321 e. The molecular formula is C19H24N4O. The summed E-state index contributed by atoms with van der Waals surface area (Å²) in [6.07, 6.45) is 3.65. The highest BCUT2D eigenvalue weighted by molar-refractivity contribution is 5.90. The molecule has 1 aromatic carbocycles. The molecular weight excluding hydrogens is 300 g/mol. The van der Waals surface area contributed by atoms with E-state index >= 15 is 0 Å². The summed E-state index contributed by atoms with van der Waals surface area (Å²) < 4.78 is 0. The van der Waals surface area contributed by atoms with Crippen LogP contribution in [0, 0.1) is 13.8 Å². The number of nitrogens with one attached hydrogen (secondary N) is 1. The summed E-state index contributed by atoms with van der Waals surface area (Å²) in [6.45, 7) is 8.25. The van der Waals surface area contributed by atoms with Crippen molar-refractivity contribution < 1.29 is 4.79 Å². The largest absolute Gasteiger partial charge is 0.322 e. The van der Waals surface area contributed by atoms with Gasteiger partial charge in [-0.1, -0.05) is 12.1 Å². The Morgan fingerprint density at radius 3 is 2.50 bits per heavy atom. The standard InChI is InChI=1S/C19H24N4O/c1-15-3-4-16(2)18(13-15)21-19(24)23-11-9-22(10-12-23)14-17-5-7-20-8-6-17/h3-8,13H,9-12,14H2,1-2H3,(H,21,24). The molecule has 5 heteroatoms. The first-order valence-electron chi connectivity index (χ1n) is 8.36. The summed E-state index contributed by atoms with van der Waals surface area (Å²) in [5.74, 6) is 0. The van der Waals surface area contributed by atoms with E-state index in [1.54, 1.807) is 0 Å². The topological polar surface area (TPSA) is 48.5 Å². The Morgan fingerprint density at radius 2 is 1.79 bits per heavy atom. The lowest BCUT2D eigenvalue weighted by molar-refractivity contribution is 0.143. The number of hydrogen-bond acceptors (Lipinski definition) is 3. The highest BCUT2D eigenvalue weighted by Crippen LogP contribution is 2.17. The van der Waals surface area contributed by atoms with E-state index in [9.17, 15) is 4.79 Å². The lowest BCUT2D eigenvalue weighted by Gasteiger charge is -2.34. The Kier molecular flexibility index (Phi) is 5.11. The van der Waals surface area contributed by atoms with E-state index in [4.69, 9.17) is 0 Å². The fourth-order valence-electron chi connectivity index (χ4n) is 2.92. The molecule has 0 unspecified atom stereocenters. The van der Waals surface area contributed by atoms with Gasteiger partial charge in [0.1, 0.15) is 0 Å². The van der Waals surface area contributed by atoms with Crippen molar-refractivity contribution in [3.63, 3.8) is 0 Å². The summed E-state index contributed by atoms with van der Waals surface area (Å²) in [5.41, 5.74) is 4.40. The number of carbonyl (C=O) groups is 1. The zero-order valence-corrected chi connectivity index (χ0v) is 14.3. The van der Waals surface area contributed by atoms with Gasteiger partial charge < -0.3 is 10.2 Å². The zero-order valence-electron chi connectivity index (χ0n) is 14.3. The van der Waals surface area contributed by atoms with E-state index in [0.717, 1.165) is 49.5 Å². The van der Waals surface area contributed by atoms with Crippen LogP contribution in [0.25, 0.3) is 0 Å². The highest BCUT2D eigenvalue weighted by atomic mass is 16.2. The highest BCUT2D eigenvalue weighted by Gasteiger charge is 2.21. The number of benzene rings is 1. The van der Waals surface area contributed by atoms with Gasteiger partial charge in [0.2, 0.25) is 0 Å². The van der Waals surface area contributed by atoms with Gasteiger partial charge in [0.05, 0.1) is 0 Å². The van der Waals surface area contributed by atoms with Gasteiger partial charge in [-0.15, -0.1) is 0 Å². The van der Waals surface area contributed by atoms with Crippen molar-refractivity contribution in [3.05, 3.63) is 59.4 Å². The predicted octanol–water partition coefficient (Wildman–Crippen LogP) is 3.05. The molecule has 0 bridgehead atoms. The van der Waals surface area contributed by atoms with E-state index in [1.165, 1.54) is 5.56 Å². The third kappa shape index (κ3) is 4.11.